The summed E-state index contributed by atoms with van der Waals surface area (Å²) >= 11 is 0. The van der Waals surface area contributed by atoms with Crippen molar-refractivity contribution in [2.75, 3.05) is 20.3 Å². The molecular weight excluding hydrogens is 266 g/mol. The van der Waals surface area contributed by atoms with E-state index in [0.717, 1.165) is 37.1 Å². The summed E-state index contributed by atoms with van der Waals surface area (Å²) in [6.07, 6.45) is 3.29. The van der Waals surface area contributed by atoms with Gasteiger partial charge in [0.2, 0.25) is 0 Å². The third kappa shape index (κ3) is 6.63. The highest BCUT2D eigenvalue weighted by Gasteiger charge is 2.06. The van der Waals surface area contributed by atoms with Crippen LogP contribution in [0.15, 0.2) is 18.2 Å². The lowest BCUT2D eigenvalue weighted by Gasteiger charge is -2.14. The average molecular weight is 293 g/mol. The summed E-state index contributed by atoms with van der Waals surface area (Å²) in [6, 6.07) is 6.20. The van der Waals surface area contributed by atoms with Gasteiger partial charge >= 0.3 is 5.97 Å². The van der Waals surface area contributed by atoms with Gasteiger partial charge in [-0.25, -0.2) is 0 Å². The quantitative estimate of drug-likeness (QED) is 0.531. The van der Waals surface area contributed by atoms with E-state index in [2.05, 4.69) is 24.4 Å². The van der Waals surface area contributed by atoms with Crippen LogP contribution in [0.1, 0.15) is 43.7 Å². The zero-order valence-corrected chi connectivity index (χ0v) is 13.4. The number of rotatable bonds is 10. The maximum atomic E-state index is 11.2. The minimum absolute atomic E-state index is 0.103. The Hall–Kier alpha value is -1.55. The number of benzene rings is 1. The maximum absolute atomic E-state index is 11.2. The van der Waals surface area contributed by atoms with Gasteiger partial charge in [-0.2, -0.15) is 0 Å². The second-order valence-electron chi connectivity index (χ2n) is 5.06. The number of hydrogen-bond donors (Lipinski definition) is 1. The number of para-hydroxylation sites is 1. The lowest BCUT2D eigenvalue weighted by Crippen LogP contribution is -2.09. The third-order valence-electron chi connectivity index (χ3n) is 3.24. The van der Waals surface area contributed by atoms with Gasteiger partial charge in [-0.05, 0) is 45.7 Å². The molecule has 0 aliphatic heterocycles. The molecule has 0 fully saturated rings. The fourth-order valence-electron chi connectivity index (χ4n) is 2.20. The number of unbranched alkanes of at least 4 members (excludes halogenated alkanes) is 2. The van der Waals surface area contributed by atoms with Crippen molar-refractivity contribution in [2.24, 2.45) is 0 Å². The van der Waals surface area contributed by atoms with E-state index in [1.54, 1.807) is 0 Å². The number of carbonyl (C=O) groups excluding carboxylic acids is 1. The molecule has 0 radical (unpaired) electrons. The van der Waals surface area contributed by atoms with E-state index in [1.165, 1.54) is 5.56 Å². The Morgan fingerprint density at radius 3 is 2.76 bits per heavy atom. The number of aryl methyl sites for hydroxylation is 1. The molecule has 1 aromatic rings. The Morgan fingerprint density at radius 2 is 2.05 bits per heavy atom. The van der Waals surface area contributed by atoms with Crippen molar-refractivity contribution in [1.29, 1.82) is 0 Å². The van der Waals surface area contributed by atoms with Crippen molar-refractivity contribution in [3.8, 4) is 5.75 Å². The first-order chi connectivity index (χ1) is 10.2. The number of carbonyl (C=O) groups is 1. The number of esters is 1. The molecule has 4 nitrogen and oxygen atoms in total. The van der Waals surface area contributed by atoms with Gasteiger partial charge < -0.3 is 14.8 Å². The Labute approximate surface area is 127 Å². The van der Waals surface area contributed by atoms with Crippen molar-refractivity contribution in [3.63, 3.8) is 0 Å². The van der Waals surface area contributed by atoms with Crippen LogP contribution in [0.25, 0.3) is 0 Å². The highest BCUT2D eigenvalue weighted by atomic mass is 16.5. The third-order valence-corrected chi connectivity index (χ3v) is 3.24. The first-order valence-electron chi connectivity index (χ1n) is 7.70. The van der Waals surface area contributed by atoms with E-state index < -0.39 is 0 Å². The van der Waals surface area contributed by atoms with Crippen molar-refractivity contribution in [3.05, 3.63) is 29.3 Å². The summed E-state index contributed by atoms with van der Waals surface area (Å²) in [4.78, 5) is 11.2. The summed E-state index contributed by atoms with van der Waals surface area (Å²) in [6.45, 7) is 5.85. The fraction of sp³-hybridized carbons (Fsp3) is 0.588. The van der Waals surface area contributed by atoms with Crippen LogP contribution in [-0.4, -0.2) is 26.2 Å². The predicted molar refractivity (Wildman–Crippen MR) is 84.5 cm³/mol. The van der Waals surface area contributed by atoms with Gasteiger partial charge in [0.25, 0.3) is 0 Å². The molecule has 0 bridgehead atoms. The van der Waals surface area contributed by atoms with Crippen LogP contribution in [-0.2, 0) is 16.1 Å². The van der Waals surface area contributed by atoms with E-state index in [1.807, 2.05) is 20.0 Å². The summed E-state index contributed by atoms with van der Waals surface area (Å²) < 4.78 is 10.8. The maximum Gasteiger partial charge on any atom is 0.305 e. The molecule has 4 heteroatoms. The number of nitrogens with one attached hydrogen (secondary N) is 1. The molecule has 0 saturated carbocycles. The SMILES string of the molecule is CCOC(=O)CCCCCOc1c(C)cccc1CNC. The van der Waals surface area contributed by atoms with E-state index in [9.17, 15) is 4.79 Å². The second kappa shape index (κ2) is 10.2. The summed E-state index contributed by atoms with van der Waals surface area (Å²) in [5.74, 6) is 0.880. The zero-order chi connectivity index (χ0) is 15.5. The Kier molecular flexibility index (Phi) is 8.51. The molecule has 0 amide bonds. The lowest BCUT2D eigenvalue weighted by molar-refractivity contribution is -0.143. The minimum Gasteiger partial charge on any atom is -0.493 e. The van der Waals surface area contributed by atoms with Crippen LogP contribution in [0, 0.1) is 6.92 Å². The fourth-order valence-corrected chi connectivity index (χ4v) is 2.20. The van der Waals surface area contributed by atoms with E-state index >= 15 is 0 Å². The van der Waals surface area contributed by atoms with Gasteiger partial charge in [0, 0.05) is 18.5 Å². The smallest absolute Gasteiger partial charge is 0.305 e. The Balaban J connectivity index is 2.28. The van der Waals surface area contributed by atoms with E-state index in [0.29, 0.717) is 19.6 Å². The van der Waals surface area contributed by atoms with Gasteiger partial charge in [0.15, 0.2) is 0 Å². The summed E-state index contributed by atoms with van der Waals surface area (Å²) in [5.41, 5.74) is 2.35. The molecule has 0 atom stereocenters. The van der Waals surface area contributed by atoms with E-state index in [4.69, 9.17) is 9.47 Å². The molecule has 0 saturated heterocycles. The lowest BCUT2D eigenvalue weighted by atomic mass is 10.1. The molecule has 0 aliphatic rings. The first kappa shape index (κ1) is 17.5. The molecule has 1 N–H and O–H groups in total. The molecule has 0 spiro atoms. The van der Waals surface area contributed by atoms with Crippen LogP contribution in [0.5, 0.6) is 5.75 Å². The first-order valence-corrected chi connectivity index (χ1v) is 7.70. The standard InChI is InChI=1S/C17H27NO3/c1-4-20-16(19)11-6-5-7-12-21-17-14(2)9-8-10-15(17)13-18-3/h8-10,18H,4-7,11-13H2,1-3H3. The number of hydrogen-bond acceptors (Lipinski definition) is 4. The van der Waals surface area contributed by atoms with Crippen LogP contribution in [0.4, 0.5) is 0 Å². The van der Waals surface area contributed by atoms with Crippen LogP contribution in [0.2, 0.25) is 0 Å². The second-order valence-corrected chi connectivity index (χ2v) is 5.06. The molecule has 1 rings (SSSR count). The summed E-state index contributed by atoms with van der Waals surface area (Å²) in [5, 5.41) is 3.16. The Morgan fingerprint density at radius 1 is 1.24 bits per heavy atom. The molecule has 0 unspecified atom stereocenters. The topological polar surface area (TPSA) is 47.6 Å². The highest BCUT2D eigenvalue weighted by molar-refractivity contribution is 5.69. The van der Waals surface area contributed by atoms with Gasteiger partial charge in [-0.15, -0.1) is 0 Å². The average Bonchev–Trinajstić information content (AvgIpc) is 2.45. The zero-order valence-electron chi connectivity index (χ0n) is 13.4. The van der Waals surface area contributed by atoms with Gasteiger partial charge in [-0.1, -0.05) is 18.2 Å². The largest absolute Gasteiger partial charge is 0.493 e. The summed E-state index contributed by atoms with van der Waals surface area (Å²) in [7, 11) is 1.93. The van der Waals surface area contributed by atoms with E-state index in [-0.39, 0.29) is 5.97 Å². The molecule has 0 aromatic heterocycles. The number of ether oxygens (including phenoxy) is 2. The molecule has 1 aromatic carbocycles. The van der Waals surface area contributed by atoms with Gasteiger partial charge in [0.1, 0.15) is 5.75 Å². The Bertz CT molecular complexity index is 432. The molecule has 0 aliphatic carbocycles. The molecule has 21 heavy (non-hydrogen) atoms. The highest BCUT2D eigenvalue weighted by Crippen LogP contribution is 2.23. The minimum atomic E-state index is -0.103. The molecular formula is C17H27NO3. The van der Waals surface area contributed by atoms with Crippen LogP contribution < -0.4 is 10.1 Å². The molecule has 0 heterocycles. The van der Waals surface area contributed by atoms with Crippen molar-refractivity contribution in [1.82, 2.24) is 5.32 Å². The normalized spacial score (nSPS) is 10.4. The van der Waals surface area contributed by atoms with Crippen molar-refractivity contribution in [2.45, 2.75) is 46.1 Å². The van der Waals surface area contributed by atoms with Crippen molar-refractivity contribution < 1.29 is 14.3 Å². The van der Waals surface area contributed by atoms with Gasteiger partial charge in [0.05, 0.1) is 13.2 Å². The molecule has 118 valence electrons. The van der Waals surface area contributed by atoms with Crippen LogP contribution >= 0.6 is 0 Å². The predicted octanol–water partition coefficient (Wildman–Crippen LogP) is 3.22. The van der Waals surface area contributed by atoms with Gasteiger partial charge in [-0.3, -0.25) is 4.79 Å². The van der Waals surface area contributed by atoms with Crippen molar-refractivity contribution >= 4 is 5.97 Å². The van der Waals surface area contributed by atoms with Crippen LogP contribution in [0.3, 0.4) is 0 Å². The monoisotopic (exact) mass is 293 g/mol.